The van der Waals surface area contributed by atoms with Crippen molar-refractivity contribution >= 4 is 6.03 Å². The predicted molar refractivity (Wildman–Crippen MR) is 70.2 cm³/mol. The van der Waals surface area contributed by atoms with Gasteiger partial charge in [0.25, 0.3) is 0 Å². The van der Waals surface area contributed by atoms with Crippen molar-refractivity contribution in [2.45, 2.75) is 57.9 Å². The Morgan fingerprint density at radius 3 is 2.28 bits per heavy atom. The van der Waals surface area contributed by atoms with Crippen molar-refractivity contribution in [3.05, 3.63) is 0 Å². The van der Waals surface area contributed by atoms with Crippen LogP contribution in [0.1, 0.15) is 52.4 Å². The van der Waals surface area contributed by atoms with E-state index < -0.39 is 0 Å². The molecule has 1 saturated heterocycles. The first kappa shape index (κ1) is 11.1. The highest BCUT2D eigenvalue weighted by molar-refractivity contribution is 5.77. The first-order chi connectivity index (χ1) is 8.42. The molecule has 4 aliphatic carbocycles. The molecule has 1 N–H and O–H groups in total. The lowest BCUT2D eigenvalue weighted by Crippen LogP contribution is -2.65. The van der Waals surface area contributed by atoms with Crippen molar-refractivity contribution in [2.24, 2.45) is 16.7 Å². The van der Waals surface area contributed by atoms with Gasteiger partial charge < -0.3 is 10.2 Å². The van der Waals surface area contributed by atoms with Gasteiger partial charge in [-0.1, -0.05) is 13.8 Å². The van der Waals surface area contributed by atoms with E-state index >= 15 is 0 Å². The molecule has 0 spiro atoms. The second kappa shape index (κ2) is 3.05. The molecule has 2 unspecified atom stereocenters. The quantitative estimate of drug-likeness (QED) is 0.760. The Kier molecular flexibility index (Phi) is 1.89. The average molecular weight is 248 g/mol. The summed E-state index contributed by atoms with van der Waals surface area (Å²) in [5.74, 6) is 0.865. The molecule has 0 aromatic carbocycles. The number of nitrogens with one attached hydrogen (secondary N) is 1. The Hall–Kier alpha value is -0.730. The fourth-order valence-corrected chi connectivity index (χ4v) is 6.61. The highest BCUT2D eigenvalue weighted by Crippen LogP contribution is 2.67. The molecule has 2 atom stereocenters. The summed E-state index contributed by atoms with van der Waals surface area (Å²) in [4.78, 5) is 14.3. The van der Waals surface area contributed by atoms with E-state index in [1.807, 2.05) is 0 Å². The topological polar surface area (TPSA) is 32.3 Å². The van der Waals surface area contributed by atoms with E-state index in [1.165, 1.54) is 38.5 Å². The van der Waals surface area contributed by atoms with Crippen LogP contribution in [0.3, 0.4) is 0 Å². The van der Waals surface area contributed by atoms with Crippen LogP contribution < -0.4 is 5.32 Å². The van der Waals surface area contributed by atoms with Crippen LogP contribution in [0.2, 0.25) is 0 Å². The number of carbonyl (C=O) groups is 1. The Balaban J connectivity index is 1.75. The minimum atomic E-state index is 0.198. The summed E-state index contributed by atoms with van der Waals surface area (Å²) < 4.78 is 0. The van der Waals surface area contributed by atoms with Crippen LogP contribution in [0.15, 0.2) is 0 Å². The molecule has 100 valence electrons. The Labute approximate surface area is 109 Å². The lowest BCUT2D eigenvalue weighted by atomic mass is 9.42. The Morgan fingerprint density at radius 2 is 1.78 bits per heavy atom. The summed E-state index contributed by atoms with van der Waals surface area (Å²) in [7, 11) is 0. The second-order valence-electron chi connectivity index (χ2n) is 8.24. The SMILES string of the molecule is CC12CC3CC(C)(C1)CC(N1CCNC1=O)(C3)C2. The van der Waals surface area contributed by atoms with Crippen LogP contribution in [0, 0.1) is 16.7 Å². The van der Waals surface area contributed by atoms with Gasteiger partial charge in [-0.05, 0) is 55.3 Å². The lowest BCUT2D eigenvalue weighted by Gasteiger charge is -2.67. The Bertz CT molecular complexity index is 401. The second-order valence-corrected chi connectivity index (χ2v) is 8.24. The van der Waals surface area contributed by atoms with E-state index in [0.717, 1.165) is 19.0 Å². The van der Waals surface area contributed by atoms with E-state index in [1.54, 1.807) is 0 Å². The summed E-state index contributed by atoms with van der Waals surface area (Å²) in [6.07, 6.45) is 7.96. The van der Waals surface area contributed by atoms with Gasteiger partial charge in [0.15, 0.2) is 0 Å². The zero-order chi connectivity index (χ0) is 12.6. The first-order valence-electron chi connectivity index (χ1n) is 7.48. The van der Waals surface area contributed by atoms with Crippen LogP contribution in [0.25, 0.3) is 0 Å². The smallest absolute Gasteiger partial charge is 0.317 e. The maximum atomic E-state index is 12.1. The third-order valence-corrected chi connectivity index (χ3v) is 6.03. The molecule has 5 rings (SSSR count). The molecule has 4 saturated carbocycles. The highest BCUT2D eigenvalue weighted by Gasteiger charge is 2.62. The Morgan fingerprint density at radius 1 is 1.11 bits per heavy atom. The van der Waals surface area contributed by atoms with Crippen molar-refractivity contribution in [3.8, 4) is 0 Å². The van der Waals surface area contributed by atoms with Crippen LogP contribution >= 0.6 is 0 Å². The average Bonchev–Trinajstić information content (AvgIpc) is 2.58. The summed E-state index contributed by atoms with van der Waals surface area (Å²) in [5, 5.41) is 3.01. The van der Waals surface area contributed by atoms with Gasteiger partial charge in [-0.25, -0.2) is 4.79 Å². The van der Waals surface area contributed by atoms with Gasteiger partial charge in [-0.3, -0.25) is 0 Å². The number of hydrogen-bond acceptors (Lipinski definition) is 1. The van der Waals surface area contributed by atoms with Crippen LogP contribution in [0.5, 0.6) is 0 Å². The first-order valence-corrected chi connectivity index (χ1v) is 7.48. The minimum absolute atomic E-state index is 0.198. The molecule has 0 radical (unpaired) electrons. The number of rotatable bonds is 1. The fraction of sp³-hybridized carbons (Fsp3) is 0.933. The number of hydrogen-bond donors (Lipinski definition) is 1. The lowest BCUT2D eigenvalue weighted by molar-refractivity contribution is -0.145. The van der Waals surface area contributed by atoms with Crippen molar-refractivity contribution in [3.63, 3.8) is 0 Å². The molecule has 0 aromatic heterocycles. The monoisotopic (exact) mass is 248 g/mol. The van der Waals surface area contributed by atoms with E-state index in [-0.39, 0.29) is 11.6 Å². The molecular formula is C15H24N2O. The molecule has 4 bridgehead atoms. The molecule has 5 fully saturated rings. The van der Waals surface area contributed by atoms with Crippen LogP contribution in [0.4, 0.5) is 4.79 Å². The van der Waals surface area contributed by atoms with Gasteiger partial charge in [0, 0.05) is 18.6 Å². The van der Waals surface area contributed by atoms with Gasteiger partial charge >= 0.3 is 6.03 Å². The van der Waals surface area contributed by atoms with Gasteiger partial charge in [-0.2, -0.15) is 0 Å². The summed E-state index contributed by atoms with van der Waals surface area (Å²) >= 11 is 0. The molecule has 1 heterocycles. The van der Waals surface area contributed by atoms with Crippen LogP contribution in [-0.2, 0) is 0 Å². The predicted octanol–water partition coefficient (Wildman–Crippen LogP) is 2.76. The van der Waals surface area contributed by atoms with Crippen molar-refractivity contribution in [1.82, 2.24) is 10.2 Å². The maximum absolute atomic E-state index is 12.1. The van der Waals surface area contributed by atoms with E-state index in [4.69, 9.17) is 0 Å². The molecule has 0 aromatic rings. The number of urea groups is 1. The summed E-state index contributed by atoms with van der Waals surface area (Å²) in [6, 6.07) is 0.198. The zero-order valence-corrected chi connectivity index (χ0v) is 11.6. The number of amides is 2. The molecule has 1 aliphatic heterocycles. The van der Waals surface area contributed by atoms with Gasteiger partial charge in [0.05, 0.1) is 0 Å². The largest absolute Gasteiger partial charge is 0.336 e. The van der Waals surface area contributed by atoms with E-state index in [0.29, 0.717) is 10.8 Å². The number of carbonyl (C=O) groups excluding carboxylic acids is 1. The molecule has 3 heteroatoms. The molecule has 18 heavy (non-hydrogen) atoms. The van der Waals surface area contributed by atoms with E-state index in [9.17, 15) is 4.79 Å². The van der Waals surface area contributed by atoms with Gasteiger partial charge in [-0.15, -0.1) is 0 Å². The fourth-order valence-electron chi connectivity index (χ4n) is 6.61. The van der Waals surface area contributed by atoms with Crippen molar-refractivity contribution < 1.29 is 4.79 Å². The maximum Gasteiger partial charge on any atom is 0.317 e. The molecule has 5 aliphatic rings. The minimum Gasteiger partial charge on any atom is -0.336 e. The third kappa shape index (κ3) is 1.33. The van der Waals surface area contributed by atoms with E-state index in [2.05, 4.69) is 24.1 Å². The van der Waals surface area contributed by atoms with Crippen LogP contribution in [-0.4, -0.2) is 29.6 Å². The normalized spacial score (nSPS) is 54.0. The summed E-state index contributed by atoms with van der Waals surface area (Å²) in [5.41, 5.74) is 1.19. The van der Waals surface area contributed by atoms with Gasteiger partial charge in [0.1, 0.15) is 0 Å². The highest BCUT2D eigenvalue weighted by atomic mass is 16.2. The molecule has 3 nitrogen and oxygen atoms in total. The van der Waals surface area contributed by atoms with Crippen molar-refractivity contribution in [2.75, 3.05) is 13.1 Å². The molecular weight excluding hydrogens is 224 g/mol. The molecule has 2 amide bonds. The number of nitrogens with zero attached hydrogens (tertiary/aromatic N) is 1. The summed E-state index contributed by atoms with van der Waals surface area (Å²) in [6.45, 7) is 6.72. The standard InChI is InChI=1S/C15H24N2O/c1-13-5-11-6-14(2,8-13)10-15(7-11,9-13)17-4-3-16-12(17)18/h11H,3-10H2,1-2H3,(H,16,18). The van der Waals surface area contributed by atoms with Crippen molar-refractivity contribution in [1.29, 1.82) is 0 Å². The van der Waals surface area contributed by atoms with Gasteiger partial charge in [0.2, 0.25) is 0 Å². The zero-order valence-electron chi connectivity index (χ0n) is 11.6. The third-order valence-electron chi connectivity index (χ3n) is 6.03.